The molecule has 10 unspecified atom stereocenters. The molecule has 10 N–H and O–H groups in total. The van der Waals surface area contributed by atoms with Crippen LogP contribution < -0.4 is 10.2 Å². The molecule has 0 amide bonds. The standard InChI is InChI=1S/C27H30O16/c1-8-15(31)18(34)21(37)26(40-8)39-7-13-16(32)19(35)22(38)27(41-13)43-24-12(30)6-11(29)14-17(33)20(36)23(42-25(14)24)9-2-4-10(28)5-3-9/h2-6,8,13,15-16,18-19,21-22,26-32,34-38H,7H2,1H3. The van der Waals surface area contributed by atoms with Crippen LogP contribution in [0.15, 0.2) is 39.5 Å². The second kappa shape index (κ2) is 11.8. The first-order valence-electron chi connectivity index (χ1n) is 13.0. The lowest BCUT2D eigenvalue weighted by Crippen LogP contribution is -2.61. The van der Waals surface area contributed by atoms with Crippen molar-refractivity contribution in [1.29, 1.82) is 0 Å². The number of ether oxygens (including phenoxy) is 4. The fourth-order valence-electron chi connectivity index (χ4n) is 4.83. The number of benzene rings is 2. The molecule has 2 aliphatic heterocycles. The molecular formula is C27H30O16. The molecule has 2 aromatic carbocycles. The van der Waals surface area contributed by atoms with Gasteiger partial charge in [-0.1, -0.05) is 0 Å². The molecule has 3 heterocycles. The smallest absolute Gasteiger partial charge is 0.238 e. The van der Waals surface area contributed by atoms with E-state index < -0.39 is 113 Å². The highest BCUT2D eigenvalue weighted by molar-refractivity contribution is 5.93. The van der Waals surface area contributed by atoms with Crippen LogP contribution in [0, 0.1) is 0 Å². The number of aliphatic hydroxyl groups excluding tert-OH is 6. The average molecular weight is 611 g/mol. The Morgan fingerprint density at radius 2 is 1.40 bits per heavy atom. The second-order valence-electron chi connectivity index (χ2n) is 10.3. The average Bonchev–Trinajstić information content (AvgIpc) is 2.97. The van der Waals surface area contributed by atoms with E-state index in [2.05, 4.69) is 0 Å². The summed E-state index contributed by atoms with van der Waals surface area (Å²) < 4.78 is 27.6. The summed E-state index contributed by atoms with van der Waals surface area (Å²) in [6.07, 6.45) is -16.1. The Morgan fingerprint density at radius 3 is 2.07 bits per heavy atom. The molecule has 3 aromatic rings. The van der Waals surface area contributed by atoms with Gasteiger partial charge in [-0.05, 0) is 31.2 Å². The largest absolute Gasteiger partial charge is 0.508 e. The quantitative estimate of drug-likeness (QED) is 0.149. The third-order valence-electron chi connectivity index (χ3n) is 7.32. The van der Waals surface area contributed by atoms with Crippen molar-refractivity contribution in [2.45, 2.75) is 68.3 Å². The summed E-state index contributed by atoms with van der Waals surface area (Å²) in [6.45, 7) is 0.823. The predicted octanol–water partition coefficient (Wildman–Crippen LogP) is -1.69. The van der Waals surface area contributed by atoms with Crippen molar-refractivity contribution in [2.75, 3.05) is 6.61 Å². The Labute approximate surface area is 241 Å². The summed E-state index contributed by atoms with van der Waals surface area (Å²) in [7, 11) is 0. The van der Waals surface area contributed by atoms with Crippen LogP contribution in [0.1, 0.15) is 6.92 Å². The van der Waals surface area contributed by atoms with Crippen LogP contribution in [0.3, 0.4) is 0 Å². The fraction of sp³-hybridized carbons (Fsp3) is 0.444. The molecule has 0 saturated carbocycles. The van der Waals surface area contributed by atoms with Gasteiger partial charge in [-0.15, -0.1) is 0 Å². The van der Waals surface area contributed by atoms with E-state index in [1.54, 1.807) is 0 Å². The van der Waals surface area contributed by atoms with E-state index in [4.69, 9.17) is 23.4 Å². The number of aliphatic hydroxyl groups is 6. The summed E-state index contributed by atoms with van der Waals surface area (Å²) >= 11 is 0. The Kier molecular flexibility index (Phi) is 8.41. The number of aromatic hydroxyl groups is 4. The van der Waals surface area contributed by atoms with E-state index in [1.165, 1.54) is 31.2 Å². The zero-order valence-corrected chi connectivity index (χ0v) is 22.3. The molecule has 2 aliphatic rings. The fourth-order valence-corrected chi connectivity index (χ4v) is 4.83. The molecule has 43 heavy (non-hydrogen) atoms. The predicted molar refractivity (Wildman–Crippen MR) is 140 cm³/mol. The molecule has 0 spiro atoms. The molecule has 1 aromatic heterocycles. The number of phenolic OH excluding ortho intramolecular Hbond substituents is 3. The minimum absolute atomic E-state index is 0.117. The Balaban J connectivity index is 1.46. The molecule has 16 nitrogen and oxygen atoms in total. The molecule has 0 aliphatic carbocycles. The minimum Gasteiger partial charge on any atom is -0.508 e. The van der Waals surface area contributed by atoms with Crippen molar-refractivity contribution in [2.24, 2.45) is 0 Å². The second-order valence-corrected chi connectivity index (χ2v) is 10.3. The van der Waals surface area contributed by atoms with Gasteiger partial charge < -0.3 is 74.4 Å². The summed E-state index contributed by atoms with van der Waals surface area (Å²) in [5.41, 5.74) is -1.59. The first kappa shape index (κ1) is 30.7. The lowest BCUT2D eigenvalue weighted by molar-refractivity contribution is -0.318. The van der Waals surface area contributed by atoms with Gasteiger partial charge in [0.15, 0.2) is 23.4 Å². The van der Waals surface area contributed by atoms with E-state index in [1.807, 2.05) is 0 Å². The molecule has 234 valence electrons. The summed E-state index contributed by atoms with van der Waals surface area (Å²) in [5.74, 6) is -3.71. The molecule has 0 bridgehead atoms. The maximum Gasteiger partial charge on any atom is 0.238 e. The highest BCUT2D eigenvalue weighted by atomic mass is 16.7. The third-order valence-corrected chi connectivity index (χ3v) is 7.32. The van der Waals surface area contributed by atoms with Crippen molar-refractivity contribution >= 4 is 11.0 Å². The summed E-state index contributed by atoms with van der Waals surface area (Å²) in [4.78, 5) is 13.0. The van der Waals surface area contributed by atoms with Crippen molar-refractivity contribution in [3.05, 3.63) is 40.6 Å². The maximum atomic E-state index is 13.0. The zero-order chi connectivity index (χ0) is 31.3. The molecule has 2 fully saturated rings. The van der Waals surface area contributed by atoms with Gasteiger partial charge in [-0.2, -0.15) is 0 Å². The van der Waals surface area contributed by atoms with Gasteiger partial charge in [0.25, 0.3) is 0 Å². The molecule has 10 atom stereocenters. The van der Waals surface area contributed by atoms with E-state index >= 15 is 0 Å². The van der Waals surface area contributed by atoms with Crippen molar-refractivity contribution in [1.82, 2.24) is 0 Å². The number of hydrogen-bond acceptors (Lipinski definition) is 16. The third kappa shape index (κ3) is 5.55. The van der Waals surface area contributed by atoms with E-state index in [-0.39, 0.29) is 11.3 Å². The van der Waals surface area contributed by atoms with Crippen LogP contribution in [-0.4, -0.2) is 119 Å². The van der Waals surface area contributed by atoms with Crippen LogP contribution in [0.5, 0.6) is 28.7 Å². The maximum absolute atomic E-state index is 13.0. The molecule has 2 saturated heterocycles. The topological polar surface area (TPSA) is 269 Å². The molecule has 0 radical (unpaired) electrons. The number of fused-ring (bicyclic) bond motifs is 1. The van der Waals surface area contributed by atoms with Gasteiger partial charge in [0.2, 0.25) is 23.2 Å². The molecular weight excluding hydrogens is 580 g/mol. The lowest BCUT2D eigenvalue weighted by atomic mass is 9.98. The molecule has 5 rings (SSSR count). The van der Waals surface area contributed by atoms with Crippen LogP contribution in [0.25, 0.3) is 22.3 Å². The number of rotatable bonds is 6. The minimum atomic E-state index is -1.96. The van der Waals surface area contributed by atoms with Crippen LogP contribution in [0.4, 0.5) is 0 Å². The van der Waals surface area contributed by atoms with Gasteiger partial charge >= 0.3 is 0 Å². The number of hydrogen-bond donors (Lipinski definition) is 10. The molecule has 16 heteroatoms. The van der Waals surface area contributed by atoms with Crippen molar-refractivity contribution < 1.29 is 74.4 Å². The van der Waals surface area contributed by atoms with Gasteiger partial charge in [0, 0.05) is 11.6 Å². The van der Waals surface area contributed by atoms with Crippen molar-refractivity contribution in [3.8, 4) is 40.1 Å². The van der Waals surface area contributed by atoms with Gasteiger partial charge in [0.1, 0.15) is 59.6 Å². The highest BCUT2D eigenvalue weighted by Gasteiger charge is 2.47. The Hall–Kier alpha value is -3.71. The SMILES string of the molecule is CC1OC(OCC2OC(Oc3c(O)cc(O)c4c(=O)c(O)c(-c5ccc(O)cc5)oc34)C(O)C(O)C2O)C(O)C(O)C1O. The highest BCUT2D eigenvalue weighted by Crippen LogP contribution is 2.44. The lowest BCUT2D eigenvalue weighted by Gasteiger charge is -2.42. The summed E-state index contributed by atoms with van der Waals surface area (Å²) in [5, 5.41) is 102. The van der Waals surface area contributed by atoms with E-state index in [0.717, 1.165) is 0 Å². The van der Waals surface area contributed by atoms with Gasteiger partial charge in [-0.25, -0.2) is 0 Å². The summed E-state index contributed by atoms with van der Waals surface area (Å²) in [6, 6.07) is 5.83. The zero-order valence-electron chi connectivity index (χ0n) is 22.3. The monoisotopic (exact) mass is 610 g/mol. The van der Waals surface area contributed by atoms with E-state index in [0.29, 0.717) is 6.07 Å². The Morgan fingerprint density at radius 1 is 0.767 bits per heavy atom. The van der Waals surface area contributed by atoms with Crippen LogP contribution >= 0.6 is 0 Å². The van der Waals surface area contributed by atoms with E-state index in [9.17, 15) is 55.9 Å². The van der Waals surface area contributed by atoms with Crippen molar-refractivity contribution in [3.63, 3.8) is 0 Å². The Bertz CT molecular complexity index is 1520. The first-order valence-corrected chi connectivity index (χ1v) is 13.0. The van der Waals surface area contributed by atoms with Crippen LogP contribution in [0.2, 0.25) is 0 Å². The van der Waals surface area contributed by atoms with Gasteiger partial charge in [-0.3, -0.25) is 4.79 Å². The van der Waals surface area contributed by atoms with Crippen LogP contribution in [-0.2, 0) is 14.2 Å². The number of phenols is 3. The normalized spacial score (nSPS) is 33.0. The van der Waals surface area contributed by atoms with Gasteiger partial charge in [0.05, 0.1) is 12.7 Å². The first-order chi connectivity index (χ1) is 20.3.